The summed E-state index contributed by atoms with van der Waals surface area (Å²) in [5.41, 5.74) is 0.0325. The Balaban J connectivity index is 1.84. The van der Waals surface area contributed by atoms with Gasteiger partial charge < -0.3 is 15.2 Å². The van der Waals surface area contributed by atoms with Crippen LogP contribution in [0.25, 0.3) is 0 Å². The van der Waals surface area contributed by atoms with Crippen LogP contribution in [0.1, 0.15) is 46.5 Å². The molecule has 0 aromatic heterocycles. The summed E-state index contributed by atoms with van der Waals surface area (Å²) < 4.78 is 5.60. The highest BCUT2D eigenvalue weighted by atomic mass is 16.5. The standard InChI is InChI=1S/C15H25NO3/c1-4-19-12-9-15(18,14(12,2)3)10-16-13(17)8-11-6-5-7-11/h8,12,18H,4-7,9-10H2,1-3H3,(H,16,17)/t12-,15+/m1/s1. The van der Waals surface area contributed by atoms with Gasteiger partial charge in [0.2, 0.25) is 5.91 Å². The summed E-state index contributed by atoms with van der Waals surface area (Å²) >= 11 is 0. The number of hydrogen-bond acceptors (Lipinski definition) is 3. The maximum Gasteiger partial charge on any atom is 0.244 e. The zero-order chi connectivity index (χ0) is 14.1. The highest BCUT2D eigenvalue weighted by Gasteiger charge is 2.59. The van der Waals surface area contributed by atoms with Crippen LogP contribution >= 0.6 is 0 Å². The van der Waals surface area contributed by atoms with Gasteiger partial charge in [0, 0.05) is 31.1 Å². The molecule has 4 nitrogen and oxygen atoms in total. The number of carbonyl (C=O) groups excluding carboxylic acids is 1. The molecule has 2 fully saturated rings. The van der Waals surface area contributed by atoms with Crippen LogP contribution in [-0.4, -0.2) is 35.9 Å². The van der Waals surface area contributed by atoms with E-state index in [0.29, 0.717) is 19.6 Å². The highest BCUT2D eigenvalue weighted by molar-refractivity contribution is 5.88. The second-order valence-electron chi connectivity index (χ2n) is 6.28. The fraction of sp³-hybridized carbons (Fsp3) is 0.800. The molecule has 2 N–H and O–H groups in total. The minimum Gasteiger partial charge on any atom is -0.387 e. The predicted molar refractivity (Wildman–Crippen MR) is 73.7 cm³/mol. The van der Waals surface area contributed by atoms with Crippen molar-refractivity contribution in [3.05, 3.63) is 11.6 Å². The Morgan fingerprint density at radius 2 is 2.21 bits per heavy atom. The molecule has 2 aliphatic carbocycles. The molecular formula is C15H25NO3. The molecule has 19 heavy (non-hydrogen) atoms. The minimum absolute atomic E-state index is 0.0735. The Morgan fingerprint density at radius 3 is 2.68 bits per heavy atom. The lowest BCUT2D eigenvalue weighted by atomic mass is 9.56. The molecule has 0 spiro atoms. The number of hydrogen-bond donors (Lipinski definition) is 2. The van der Waals surface area contributed by atoms with Crippen LogP contribution < -0.4 is 5.32 Å². The van der Waals surface area contributed by atoms with Crippen LogP contribution in [0.5, 0.6) is 0 Å². The number of nitrogens with one attached hydrogen (secondary N) is 1. The van der Waals surface area contributed by atoms with Gasteiger partial charge in [-0.1, -0.05) is 19.4 Å². The van der Waals surface area contributed by atoms with Gasteiger partial charge in [-0.25, -0.2) is 0 Å². The number of rotatable bonds is 5. The van der Waals surface area contributed by atoms with Gasteiger partial charge in [-0.05, 0) is 26.2 Å². The van der Waals surface area contributed by atoms with Crippen molar-refractivity contribution >= 4 is 5.91 Å². The third-order valence-corrected chi connectivity index (χ3v) is 4.78. The maximum atomic E-state index is 11.7. The number of ether oxygens (including phenoxy) is 1. The summed E-state index contributed by atoms with van der Waals surface area (Å²) in [5.74, 6) is -0.0845. The van der Waals surface area contributed by atoms with Gasteiger partial charge in [-0.3, -0.25) is 4.79 Å². The molecule has 0 aromatic carbocycles. The van der Waals surface area contributed by atoms with Crippen molar-refractivity contribution < 1.29 is 14.6 Å². The Labute approximate surface area is 115 Å². The van der Waals surface area contributed by atoms with E-state index in [-0.39, 0.29) is 17.4 Å². The Hall–Kier alpha value is -0.870. The molecule has 0 unspecified atom stereocenters. The first kappa shape index (κ1) is 14.5. The molecule has 0 bridgehead atoms. The number of aliphatic hydroxyl groups is 1. The normalized spacial score (nSPS) is 32.2. The van der Waals surface area contributed by atoms with Crippen LogP contribution in [0.15, 0.2) is 11.6 Å². The Kier molecular flexibility index (Phi) is 4.02. The highest BCUT2D eigenvalue weighted by Crippen LogP contribution is 2.50. The molecule has 0 heterocycles. The third kappa shape index (κ3) is 2.70. The van der Waals surface area contributed by atoms with E-state index in [4.69, 9.17) is 4.74 Å². The van der Waals surface area contributed by atoms with E-state index in [1.165, 1.54) is 12.0 Å². The van der Waals surface area contributed by atoms with Crippen LogP contribution in [0.4, 0.5) is 0 Å². The molecule has 1 amide bonds. The van der Waals surface area contributed by atoms with Crippen molar-refractivity contribution in [2.24, 2.45) is 5.41 Å². The molecule has 0 aliphatic heterocycles. The largest absolute Gasteiger partial charge is 0.387 e. The van der Waals surface area contributed by atoms with E-state index >= 15 is 0 Å². The van der Waals surface area contributed by atoms with Crippen molar-refractivity contribution in [2.75, 3.05) is 13.2 Å². The summed E-state index contributed by atoms with van der Waals surface area (Å²) in [7, 11) is 0. The zero-order valence-electron chi connectivity index (χ0n) is 12.2. The third-order valence-electron chi connectivity index (χ3n) is 4.78. The van der Waals surface area contributed by atoms with Crippen LogP contribution in [0.2, 0.25) is 0 Å². The second kappa shape index (κ2) is 5.25. The molecular weight excluding hydrogens is 242 g/mol. The molecule has 108 valence electrons. The first-order valence-electron chi connectivity index (χ1n) is 7.20. The topological polar surface area (TPSA) is 58.6 Å². The summed E-state index contributed by atoms with van der Waals surface area (Å²) in [4.78, 5) is 11.7. The summed E-state index contributed by atoms with van der Waals surface area (Å²) in [6.45, 7) is 6.90. The molecule has 2 atom stereocenters. The monoisotopic (exact) mass is 267 g/mol. The van der Waals surface area contributed by atoms with Crippen LogP contribution in [0.3, 0.4) is 0 Å². The van der Waals surface area contributed by atoms with E-state index < -0.39 is 5.60 Å². The number of allylic oxidation sites excluding steroid dienone is 1. The van der Waals surface area contributed by atoms with Crippen molar-refractivity contribution in [1.29, 1.82) is 0 Å². The van der Waals surface area contributed by atoms with Crippen molar-refractivity contribution in [3.63, 3.8) is 0 Å². The van der Waals surface area contributed by atoms with Gasteiger partial charge in [0.15, 0.2) is 0 Å². The quantitative estimate of drug-likeness (QED) is 0.747. The number of carbonyl (C=O) groups is 1. The zero-order valence-corrected chi connectivity index (χ0v) is 12.2. The molecule has 4 heteroatoms. The van der Waals surface area contributed by atoms with Gasteiger partial charge in [-0.15, -0.1) is 0 Å². The summed E-state index contributed by atoms with van der Waals surface area (Å²) in [6, 6.07) is 0. The van der Waals surface area contributed by atoms with E-state index in [1.54, 1.807) is 6.08 Å². The number of amides is 1. The lowest BCUT2D eigenvalue weighted by molar-refractivity contribution is -0.238. The van der Waals surface area contributed by atoms with Crippen molar-refractivity contribution in [1.82, 2.24) is 5.32 Å². The summed E-state index contributed by atoms with van der Waals surface area (Å²) in [6.07, 6.45) is 5.60. The lowest BCUT2D eigenvalue weighted by Crippen LogP contribution is -2.68. The van der Waals surface area contributed by atoms with Crippen LogP contribution in [-0.2, 0) is 9.53 Å². The molecule has 2 aliphatic rings. The fourth-order valence-electron chi connectivity index (χ4n) is 2.76. The molecule has 2 rings (SSSR count). The average Bonchev–Trinajstić information content (AvgIpc) is 2.31. The fourth-order valence-corrected chi connectivity index (χ4v) is 2.76. The van der Waals surface area contributed by atoms with Crippen molar-refractivity contribution in [2.45, 2.75) is 58.2 Å². The van der Waals surface area contributed by atoms with E-state index in [9.17, 15) is 9.90 Å². The van der Waals surface area contributed by atoms with Crippen molar-refractivity contribution in [3.8, 4) is 0 Å². The second-order valence-corrected chi connectivity index (χ2v) is 6.28. The van der Waals surface area contributed by atoms with E-state index in [1.807, 2.05) is 20.8 Å². The molecule has 0 aromatic rings. The van der Waals surface area contributed by atoms with Gasteiger partial charge >= 0.3 is 0 Å². The lowest BCUT2D eigenvalue weighted by Gasteiger charge is -2.57. The Bertz CT molecular complexity index is 383. The van der Waals surface area contributed by atoms with E-state index in [0.717, 1.165) is 12.8 Å². The van der Waals surface area contributed by atoms with Gasteiger partial charge in [0.1, 0.15) is 0 Å². The van der Waals surface area contributed by atoms with Gasteiger partial charge in [-0.2, -0.15) is 0 Å². The molecule has 0 radical (unpaired) electrons. The van der Waals surface area contributed by atoms with Gasteiger partial charge in [0.25, 0.3) is 0 Å². The maximum absolute atomic E-state index is 11.7. The van der Waals surface area contributed by atoms with Crippen LogP contribution in [0, 0.1) is 5.41 Å². The average molecular weight is 267 g/mol. The minimum atomic E-state index is -0.860. The summed E-state index contributed by atoms with van der Waals surface area (Å²) in [5, 5.41) is 13.4. The SMILES string of the molecule is CCO[C@@H]1C[C@](O)(CNC(=O)C=C2CCC2)C1(C)C. The predicted octanol–water partition coefficient (Wildman–Crippen LogP) is 1.78. The van der Waals surface area contributed by atoms with Gasteiger partial charge in [0.05, 0.1) is 11.7 Å². The smallest absolute Gasteiger partial charge is 0.244 e. The first-order valence-corrected chi connectivity index (χ1v) is 7.20. The molecule has 0 saturated heterocycles. The first-order chi connectivity index (χ1) is 8.89. The van der Waals surface area contributed by atoms with E-state index in [2.05, 4.69) is 5.32 Å². The Morgan fingerprint density at radius 1 is 1.53 bits per heavy atom. The molecule has 2 saturated carbocycles.